The minimum atomic E-state index is 0.0694. The van der Waals surface area contributed by atoms with Gasteiger partial charge in [0.25, 0.3) is 0 Å². The van der Waals surface area contributed by atoms with Crippen molar-refractivity contribution in [2.75, 3.05) is 6.54 Å². The predicted octanol–water partition coefficient (Wildman–Crippen LogP) is 5.41. The van der Waals surface area contributed by atoms with Gasteiger partial charge in [0, 0.05) is 20.0 Å². The van der Waals surface area contributed by atoms with Crippen molar-refractivity contribution in [2.45, 2.75) is 19.4 Å². The van der Waals surface area contributed by atoms with E-state index in [1.165, 1.54) is 4.88 Å². The molecule has 0 saturated carbocycles. The molecule has 0 saturated heterocycles. The molecule has 0 aliphatic carbocycles. The fourth-order valence-corrected chi connectivity index (χ4v) is 4.10. The quantitative estimate of drug-likeness (QED) is 0.694. The molecule has 0 aromatic carbocycles. The van der Waals surface area contributed by atoms with Gasteiger partial charge in [0.05, 0.1) is 16.1 Å². The Morgan fingerprint density at radius 1 is 1.42 bits per heavy atom. The van der Waals surface area contributed by atoms with Crippen LogP contribution in [-0.2, 0) is 0 Å². The Kier molecular flexibility index (Phi) is 5.84. The summed E-state index contributed by atoms with van der Waals surface area (Å²) >= 11 is 14.6. The van der Waals surface area contributed by atoms with Crippen molar-refractivity contribution in [3.05, 3.63) is 48.2 Å². The predicted molar refractivity (Wildman–Crippen MR) is 89.1 cm³/mol. The van der Waals surface area contributed by atoms with E-state index in [1.54, 1.807) is 11.3 Å². The minimum Gasteiger partial charge on any atom is -0.304 e. The van der Waals surface area contributed by atoms with E-state index in [4.69, 9.17) is 11.6 Å². The lowest BCUT2D eigenvalue weighted by molar-refractivity contribution is 0.591. The molecule has 2 rings (SSSR count). The first kappa shape index (κ1) is 15.4. The molecule has 0 radical (unpaired) electrons. The third-order valence-electron chi connectivity index (χ3n) is 2.59. The van der Waals surface area contributed by atoms with Crippen LogP contribution < -0.4 is 5.32 Å². The Morgan fingerprint density at radius 3 is 2.79 bits per heavy atom. The van der Waals surface area contributed by atoms with E-state index in [0.29, 0.717) is 0 Å². The highest BCUT2D eigenvalue weighted by Crippen LogP contribution is 2.34. The molecule has 1 unspecified atom stereocenters. The molecular weight excluding hydrogens is 411 g/mol. The van der Waals surface area contributed by atoms with Crippen LogP contribution in [0.5, 0.6) is 0 Å². The molecule has 2 aromatic rings. The maximum absolute atomic E-state index is 6.04. The van der Waals surface area contributed by atoms with Crippen LogP contribution in [0.3, 0.4) is 0 Å². The summed E-state index contributed by atoms with van der Waals surface area (Å²) in [6.45, 7) is 3.08. The lowest BCUT2D eigenvalue weighted by atomic mass is 10.1. The number of hydrogen-bond donors (Lipinski definition) is 1. The summed E-state index contributed by atoms with van der Waals surface area (Å²) in [5, 5.41) is 3.52. The third kappa shape index (κ3) is 4.02. The Hall–Kier alpha value is 0.0600. The van der Waals surface area contributed by atoms with Gasteiger partial charge in [-0.3, -0.25) is 4.98 Å². The second-order valence-electron chi connectivity index (χ2n) is 4.05. The molecule has 1 N–H and O–H groups in total. The molecule has 2 nitrogen and oxygen atoms in total. The van der Waals surface area contributed by atoms with Crippen LogP contribution in [0.1, 0.15) is 30.0 Å². The Labute approximate surface area is 138 Å². The van der Waals surface area contributed by atoms with E-state index in [9.17, 15) is 0 Å². The van der Waals surface area contributed by atoms with E-state index in [2.05, 4.69) is 55.2 Å². The van der Waals surface area contributed by atoms with Gasteiger partial charge in [0.1, 0.15) is 0 Å². The zero-order valence-corrected chi connectivity index (χ0v) is 15.0. The largest absolute Gasteiger partial charge is 0.304 e. The third-order valence-corrected chi connectivity index (χ3v) is 4.95. The summed E-state index contributed by atoms with van der Waals surface area (Å²) in [4.78, 5) is 5.70. The second kappa shape index (κ2) is 7.18. The smallest absolute Gasteiger partial charge is 0.0931 e. The Balaban J connectivity index is 2.36. The number of thiophene rings is 1. The van der Waals surface area contributed by atoms with Gasteiger partial charge in [-0.25, -0.2) is 0 Å². The van der Waals surface area contributed by atoms with Gasteiger partial charge in [0.15, 0.2) is 0 Å². The van der Waals surface area contributed by atoms with Crippen LogP contribution in [0.2, 0.25) is 4.34 Å². The zero-order valence-electron chi connectivity index (χ0n) is 10.3. The number of aromatic nitrogens is 1. The number of hydrogen-bond acceptors (Lipinski definition) is 3. The maximum Gasteiger partial charge on any atom is 0.0931 e. The zero-order chi connectivity index (χ0) is 13.8. The fraction of sp³-hybridized carbons (Fsp3) is 0.308. The van der Waals surface area contributed by atoms with Crippen molar-refractivity contribution >= 4 is 54.8 Å². The van der Waals surface area contributed by atoms with Crippen LogP contribution in [-0.4, -0.2) is 11.5 Å². The Bertz CT molecular complexity index is 559. The molecule has 6 heteroatoms. The maximum atomic E-state index is 6.04. The SMILES string of the molecule is CCCNC(c1ccc(Cl)s1)c1ncc(Br)cc1Br. The van der Waals surface area contributed by atoms with Crippen LogP contribution >= 0.6 is 54.8 Å². The number of nitrogens with zero attached hydrogens (tertiary/aromatic N) is 1. The summed E-state index contributed by atoms with van der Waals surface area (Å²) in [6.07, 6.45) is 2.89. The van der Waals surface area contributed by atoms with Crippen molar-refractivity contribution in [2.24, 2.45) is 0 Å². The molecular formula is C13H13Br2ClN2S. The summed E-state index contributed by atoms with van der Waals surface area (Å²) < 4.78 is 2.74. The van der Waals surface area contributed by atoms with Crippen molar-refractivity contribution < 1.29 is 0 Å². The van der Waals surface area contributed by atoms with Gasteiger partial charge in [-0.2, -0.15) is 0 Å². The van der Waals surface area contributed by atoms with Crippen molar-refractivity contribution in [3.8, 4) is 0 Å². The van der Waals surface area contributed by atoms with Crippen LogP contribution in [0.25, 0.3) is 0 Å². The highest BCUT2D eigenvalue weighted by molar-refractivity contribution is 9.11. The van der Waals surface area contributed by atoms with Gasteiger partial charge in [-0.1, -0.05) is 18.5 Å². The van der Waals surface area contributed by atoms with Crippen LogP contribution in [0.15, 0.2) is 33.3 Å². The first-order chi connectivity index (χ1) is 9.11. The molecule has 0 amide bonds. The standard InChI is InChI=1S/C13H13Br2ClN2S/c1-2-5-17-13(10-3-4-11(16)19-10)12-9(15)6-8(14)7-18-12/h3-4,6-7,13,17H,2,5H2,1H3. The summed E-state index contributed by atoms with van der Waals surface area (Å²) in [6, 6.07) is 6.06. The first-order valence-corrected chi connectivity index (χ1v) is 8.69. The van der Waals surface area contributed by atoms with E-state index >= 15 is 0 Å². The number of rotatable bonds is 5. The summed E-state index contributed by atoms with van der Waals surface area (Å²) in [5.41, 5.74) is 0.982. The summed E-state index contributed by atoms with van der Waals surface area (Å²) in [5.74, 6) is 0. The van der Waals surface area contributed by atoms with Crippen LogP contribution in [0, 0.1) is 0 Å². The van der Waals surface area contributed by atoms with Crippen molar-refractivity contribution in [3.63, 3.8) is 0 Å². The van der Waals surface area contributed by atoms with Gasteiger partial charge in [0.2, 0.25) is 0 Å². The monoisotopic (exact) mass is 422 g/mol. The number of pyridine rings is 1. The summed E-state index contributed by atoms with van der Waals surface area (Å²) in [7, 11) is 0. The lowest BCUT2D eigenvalue weighted by Gasteiger charge is -2.18. The molecule has 0 fully saturated rings. The fourth-order valence-electron chi connectivity index (χ4n) is 1.74. The van der Waals surface area contributed by atoms with E-state index < -0.39 is 0 Å². The average molecular weight is 425 g/mol. The normalized spacial score (nSPS) is 12.6. The average Bonchev–Trinajstić information content (AvgIpc) is 2.78. The van der Waals surface area contributed by atoms with Gasteiger partial charge in [-0.05, 0) is 63.0 Å². The molecule has 0 spiro atoms. The molecule has 2 aromatic heterocycles. The number of halogens is 3. The molecule has 1 atom stereocenters. The molecule has 0 aliphatic rings. The highest BCUT2D eigenvalue weighted by Gasteiger charge is 2.19. The van der Waals surface area contributed by atoms with Crippen molar-refractivity contribution in [1.29, 1.82) is 0 Å². The number of nitrogens with one attached hydrogen (secondary N) is 1. The van der Waals surface area contributed by atoms with Crippen molar-refractivity contribution in [1.82, 2.24) is 10.3 Å². The lowest BCUT2D eigenvalue weighted by Crippen LogP contribution is -2.23. The second-order valence-corrected chi connectivity index (χ2v) is 7.57. The van der Waals surface area contributed by atoms with Gasteiger partial charge in [-0.15, -0.1) is 11.3 Å². The molecule has 0 aliphatic heterocycles. The first-order valence-electron chi connectivity index (χ1n) is 5.91. The van der Waals surface area contributed by atoms with E-state index in [0.717, 1.165) is 31.9 Å². The van der Waals surface area contributed by atoms with Gasteiger partial charge < -0.3 is 5.32 Å². The molecule has 0 bridgehead atoms. The Morgan fingerprint density at radius 2 is 2.21 bits per heavy atom. The highest BCUT2D eigenvalue weighted by atomic mass is 79.9. The topological polar surface area (TPSA) is 24.9 Å². The molecule has 102 valence electrons. The molecule has 19 heavy (non-hydrogen) atoms. The van der Waals surface area contributed by atoms with E-state index in [-0.39, 0.29) is 6.04 Å². The van der Waals surface area contributed by atoms with Crippen LogP contribution in [0.4, 0.5) is 0 Å². The van der Waals surface area contributed by atoms with Gasteiger partial charge >= 0.3 is 0 Å². The molecule has 2 heterocycles. The van der Waals surface area contributed by atoms with E-state index in [1.807, 2.05) is 18.3 Å². The minimum absolute atomic E-state index is 0.0694.